The van der Waals surface area contributed by atoms with Crippen molar-refractivity contribution in [2.24, 2.45) is 0 Å². The van der Waals surface area contributed by atoms with Crippen molar-refractivity contribution in [3.05, 3.63) is 23.9 Å². The number of piperazine rings is 1. The van der Waals surface area contributed by atoms with Crippen molar-refractivity contribution in [1.82, 2.24) is 9.88 Å². The Labute approximate surface area is 121 Å². The molecule has 4 heteroatoms. The van der Waals surface area contributed by atoms with Crippen molar-refractivity contribution in [2.75, 3.05) is 31.1 Å². The second-order valence-electron chi connectivity index (χ2n) is 6.08. The van der Waals surface area contributed by atoms with Gasteiger partial charge in [0, 0.05) is 38.4 Å². The van der Waals surface area contributed by atoms with Gasteiger partial charge in [0.2, 0.25) is 0 Å². The van der Waals surface area contributed by atoms with Crippen LogP contribution in [0.1, 0.15) is 44.3 Å². The van der Waals surface area contributed by atoms with E-state index in [4.69, 9.17) is 0 Å². The molecular weight excluding hydrogens is 250 g/mol. The normalized spacial score (nSPS) is 23.2. The fourth-order valence-corrected chi connectivity index (χ4v) is 3.45. The van der Waals surface area contributed by atoms with Crippen molar-refractivity contribution in [3.63, 3.8) is 0 Å². The van der Waals surface area contributed by atoms with Crippen LogP contribution in [0.15, 0.2) is 18.3 Å². The number of hydrogen-bond acceptors (Lipinski definition) is 4. The first-order valence-electron chi connectivity index (χ1n) is 7.87. The van der Waals surface area contributed by atoms with Crippen LogP contribution < -0.4 is 4.90 Å². The van der Waals surface area contributed by atoms with Gasteiger partial charge in [-0.2, -0.15) is 0 Å². The van der Waals surface area contributed by atoms with E-state index in [9.17, 15) is 5.11 Å². The molecule has 2 heterocycles. The second-order valence-corrected chi connectivity index (χ2v) is 6.08. The summed E-state index contributed by atoms with van der Waals surface area (Å²) in [6, 6.07) is 4.74. The summed E-state index contributed by atoms with van der Waals surface area (Å²) in [5.74, 6) is 1.01. The molecule has 0 amide bonds. The van der Waals surface area contributed by atoms with Gasteiger partial charge in [0.1, 0.15) is 5.82 Å². The molecule has 1 atom stereocenters. The van der Waals surface area contributed by atoms with Crippen LogP contribution in [0.2, 0.25) is 0 Å². The Bertz CT molecular complexity index is 435. The summed E-state index contributed by atoms with van der Waals surface area (Å²) in [6.45, 7) is 6.19. The number of anilines is 1. The Morgan fingerprint density at radius 3 is 2.55 bits per heavy atom. The van der Waals surface area contributed by atoms with E-state index >= 15 is 0 Å². The van der Waals surface area contributed by atoms with Gasteiger partial charge in [-0.05, 0) is 37.5 Å². The molecule has 3 rings (SSSR count). The molecule has 1 aliphatic heterocycles. The summed E-state index contributed by atoms with van der Waals surface area (Å²) in [5.41, 5.74) is 0.952. The molecule has 1 saturated carbocycles. The summed E-state index contributed by atoms with van der Waals surface area (Å²) >= 11 is 0. The Morgan fingerprint density at radius 2 is 1.90 bits per heavy atom. The molecule has 0 unspecified atom stereocenters. The summed E-state index contributed by atoms with van der Waals surface area (Å²) in [4.78, 5) is 9.46. The highest BCUT2D eigenvalue weighted by Gasteiger charge is 2.26. The van der Waals surface area contributed by atoms with Gasteiger partial charge < -0.3 is 10.0 Å². The van der Waals surface area contributed by atoms with E-state index in [1.807, 2.05) is 12.1 Å². The van der Waals surface area contributed by atoms with Gasteiger partial charge in [-0.1, -0.05) is 12.8 Å². The zero-order valence-electron chi connectivity index (χ0n) is 12.3. The maximum absolute atomic E-state index is 9.68. The van der Waals surface area contributed by atoms with Crippen molar-refractivity contribution in [3.8, 4) is 0 Å². The number of aromatic nitrogens is 1. The summed E-state index contributed by atoms with van der Waals surface area (Å²) < 4.78 is 0. The fraction of sp³-hybridized carbons (Fsp3) is 0.688. The quantitative estimate of drug-likeness (QED) is 0.918. The zero-order chi connectivity index (χ0) is 13.9. The molecule has 4 nitrogen and oxygen atoms in total. The average Bonchev–Trinajstić information content (AvgIpc) is 3.02. The lowest BCUT2D eigenvalue weighted by molar-refractivity contribution is 0.187. The minimum atomic E-state index is -0.420. The first-order valence-corrected chi connectivity index (χ1v) is 7.87. The maximum Gasteiger partial charge on any atom is 0.128 e. The Morgan fingerprint density at radius 1 is 1.20 bits per heavy atom. The van der Waals surface area contributed by atoms with Crippen LogP contribution in [0, 0.1) is 0 Å². The third-order valence-corrected chi connectivity index (χ3v) is 4.73. The standard InChI is InChI=1S/C16H25N3O/c1-13(20)14-6-7-17-16(12-14)19-10-8-18(9-11-19)15-4-2-3-5-15/h6-7,12-13,15,20H,2-5,8-11H2,1H3/t13-/m1/s1. The van der Waals surface area contributed by atoms with Crippen LogP contribution >= 0.6 is 0 Å². The Balaban J connectivity index is 1.61. The Kier molecular flexibility index (Phi) is 4.22. The zero-order valence-corrected chi connectivity index (χ0v) is 12.3. The third kappa shape index (κ3) is 2.96. The first kappa shape index (κ1) is 13.8. The van der Waals surface area contributed by atoms with Gasteiger partial charge >= 0.3 is 0 Å². The van der Waals surface area contributed by atoms with Gasteiger partial charge in [-0.3, -0.25) is 4.90 Å². The monoisotopic (exact) mass is 275 g/mol. The lowest BCUT2D eigenvalue weighted by Gasteiger charge is -2.38. The van der Waals surface area contributed by atoms with Gasteiger partial charge in [0.05, 0.1) is 6.10 Å². The van der Waals surface area contributed by atoms with Crippen LogP contribution in [0.4, 0.5) is 5.82 Å². The molecule has 1 aromatic rings. The van der Waals surface area contributed by atoms with E-state index in [0.29, 0.717) is 0 Å². The van der Waals surface area contributed by atoms with Crippen LogP contribution in [-0.2, 0) is 0 Å². The molecule has 0 bridgehead atoms. The van der Waals surface area contributed by atoms with Gasteiger partial charge in [0.25, 0.3) is 0 Å². The molecule has 1 saturated heterocycles. The number of nitrogens with zero attached hydrogens (tertiary/aromatic N) is 3. The largest absolute Gasteiger partial charge is 0.389 e. The predicted molar refractivity (Wildman–Crippen MR) is 80.9 cm³/mol. The van der Waals surface area contributed by atoms with E-state index in [0.717, 1.165) is 43.6 Å². The molecular formula is C16H25N3O. The van der Waals surface area contributed by atoms with Gasteiger partial charge in [-0.15, -0.1) is 0 Å². The van der Waals surface area contributed by atoms with E-state index < -0.39 is 6.10 Å². The third-order valence-electron chi connectivity index (χ3n) is 4.73. The first-order chi connectivity index (χ1) is 9.74. The predicted octanol–water partition coefficient (Wildman–Crippen LogP) is 2.20. The number of rotatable bonds is 3. The molecule has 110 valence electrons. The van der Waals surface area contributed by atoms with Crippen LogP contribution in [0.5, 0.6) is 0 Å². The highest BCUT2D eigenvalue weighted by Crippen LogP contribution is 2.25. The van der Waals surface area contributed by atoms with E-state index in [1.165, 1.54) is 25.7 Å². The lowest BCUT2D eigenvalue weighted by Crippen LogP contribution is -2.50. The maximum atomic E-state index is 9.68. The minimum absolute atomic E-state index is 0.420. The van der Waals surface area contributed by atoms with E-state index in [1.54, 1.807) is 13.1 Å². The molecule has 1 aliphatic carbocycles. The van der Waals surface area contributed by atoms with E-state index in [-0.39, 0.29) is 0 Å². The molecule has 20 heavy (non-hydrogen) atoms. The number of aliphatic hydroxyl groups is 1. The Hall–Kier alpha value is -1.13. The number of hydrogen-bond donors (Lipinski definition) is 1. The number of aliphatic hydroxyl groups excluding tert-OH is 1. The molecule has 0 radical (unpaired) electrons. The second kappa shape index (κ2) is 6.10. The molecule has 2 fully saturated rings. The summed E-state index contributed by atoms with van der Waals surface area (Å²) in [6.07, 6.45) is 6.97. The SMILES string of the molecule is C[C@@H](O)c1ccnc(N2CCN(C3CCCC3)CC2)c1. The van der Waals surface area contributed by atoms with Crippen molar-refractivity contribution >= 4 is 5.82 Å². The topological polar surface area (TPSA) is 39.6 Å². The highest BCUT2D eigenvalue weighted by atomic mass is 16.3. The van der Waals surface area contributed by atoms with Crippen LogP contribution in [0.3, 0.4) is 0 Å². The smallest absolute Gasteiger partial charge is 0.128 e. The van der Waals surface area contributed by atoms with Crippen LogP contribution in [-0.4, -0.2) is 47.2 Å². The van der Waals surface area contributed by atoms with E-state index in [2.05, 4.69) is 14.8 Å². The molecule has 1 N–H and O–H groups in total. The fourth-order valence-electron chi connectivity index (χ4n) is 3.45. The number of pyridine rings is 1. The molecule has 2 aliphatic rings. The molecule has 0 aromatic carbocycles. The van der Waals surface area contributed by atoms with Gasteiger partial charge in [-0.25, -0.2) is 4.98 Å². The lowest BCUT2D eigenvalue weighted by atomic mass is 10.1. The molecule has 0 spiro atoms. The van der Waals surface area contributed by atoms with Crippen molar-refractivity contribution < 1.29 is 5.11 Å². The van der Waals surface area contributed by atoms with Crippen molar-refractivity contribution in [2.45, 2.75) is 44.8 Å². The minimum Gasteiger partial charge on any atom is -0.389 e. The highest BCUT2D eigenvalue weighted by molar-refractivity contribution is 5.42. The van der Waals surface area contributed by atoms with Crippen LogP contribution in [0.25, 0.3) is 0 Å². The van der Waals surface area contributed by atoms with Crippen molar-refractivity contribution in [1.29, 1.82) is 0 Å². The summed E-state index contributed by atoms with van der Waals surface area (Å²) in [7, 11) is 0. The molecule has 1 aromatic heterocycles. The van der Waals surface area contributed by atoms with Gasteiger partial charge in [0.15, 0.2) is 0 Å². The summed E-state index contributed by atoms with van der Waals surface area (Å²) in [5, 5.41) is 9.68. The average molecular weight is 275 g/mol.